The molecule has 0 aromatic carbocycles. The Bertz CT molecular complexity index is 507. The van der Waals surface area contributed by atoms with Gasteiger partial charge in [-0.3, -0.25) is 0 Å². The molecule has 0 saturated carbocycles. The molecule has 0 unspecified atom stereocenters. The second-order valence-electron chi connectivity index (χ2n) is 3.80. The Hall–Kier alpha value is -1.06. The Balaban J connectivity index is 2.59. The highest BCUT2D eigenvalue weighted by Gasteiger charge is 2.05. The van der Waals surface area contributed by atoms with E-state index < -0.39 is 10.0 Å². The molecule has 4 N–H and O–H groups in total. The first kappa shape index (κ1) is 16.0. The number of nitrogens with one attached hydrogen (secondary N) is 2. The van der Waals surface area contributed by atoms with E-state index in [0.717, 1.165) is 12.4 Å². The molecule has 0 spiro atoms. The van der Waals surface area contributed by atoms with Crippen molar-refractivity contribution in [2.45, 2.75) is 18.5 Å². The van der Waals surface area contributed by atoms with Gasteiger partial charge in [-0.1, -0.05) is 11.8 Å². The Labute approximate surface area is 117 Å². The molecule has 0 bridgehead atoms. The molecule has 1 aromatic rings. The van der Waals surface area contributed by atoms with Crippen LogP contribution in [0.15, 0.2) is 11.2 Å². The lowest BCUT2D eigenvalue weighted by Gasteiger charge is -2.09. The van der Waals surface area contributed by atoms with Gasteiger partial charge in [0.25, 0.3) is 0 Å². The lowest BCUT2D eigenvalue weighted by molar-refractivity contribution is 0.595. The first-order valence-corrected chi connectivity index (χ1v) is 8.80. The van der Waals surface area contributed by atoms with Gasteiger partial charge in [-0.25, -0.2) is 23.5 Å². The van der Waals surface area contributed by atoms with Gasteiger partial charge in [0, 0.05) is 19.2 Å². The summed E-state index contributed by atoms with van der Waals surface area (Å²) in [5.41, 5.74) is 0. The number of nitrogens with two attached hydrogens (primary N) is 1. The summed E-state index contributed by atoms with van der Waals surface area (Å²) in [6.07, 6.45) is 2.34. The minimum atomic E-state index is -3.40. The molecule has 1 heterocycles. The first-order chi connectivity index (χ1) is 8.94. The van der Waals surface area contributed by atoms with Gasteiger partial charge in [0.2, 0.25) is 10.0 Å². The third-order valence-electron chi connectivity index (χ3n) is 2.16. The molecule has 1 aromatic heterocycles. The lowest BCUT2D eigenvalue weighted by atomic mass is 10.4. The molecule has 0 radical (unpaired) electrons. The smallest absolute Gasteiger partial charge is 0.209 e. The minimum absolute atomic E-state index is 0.0411. The molecule has 0 fully saturated rings. The summed E-state index contributed by atoms with van der Waals surface area (Å²) in [6, 6.07) is 1.79. The number of sulfonamides is 1. The molecule has 0 atom stereocenters. The number of nitrogens with zero attached hydrogens (tertiary/aromatic N) is 2. The van der Waals surface area contributed by atoms with E-state index in [9.17, 15) is 8.42 Å². The Kier molecular flexibility index (Phi) is 6.32. The number of thioether (sulfide) groups is 1. The van der Waals surface area contributed by atoms with Gasteiger partial charge >= 0.3 is 0 Å². The van der Waals surface area contributed by atoms with Gasteiger partial charge in [-0.2, -0.15) is 0 Å². The fraction of sp³-hybridized carbons (Fsp3) is 0.600. The van der Waals surface area contributed by atoms with E-state index in [4.69, 9.17) is 5.14 Å². The van der Waals surface area contributed by atoms with Crippen molar-refractivity contribution in [1.29, 1.82) is 0 Å². The standard InChI is InChI=1S/C10H19N5O2S2/c1-3-12-8-7-9(15-10(14-8)18-2)13-5-4-6-19(11,16)17/h7H,3-6H2,1-2H3,(H2,11,16,17)(H2,12,13,14,15). The van der Waals surface area contributed by atoms with Crippen LogP contribution in [-0.4, -0.2) is 43.5 Å². The quantitative estimate of drug-likeness (QED) is 0.369. The van der Waals surface area contributed by atoms with Crippen molar-refractivity contribution in [2.75, 3.05) is 35.7 Å². The molecule has 108 valence electrons. The second kappa shape index (κ2) is 7.51. The molecular formula is C10H19N5O2S2. The first-order valence-electron chi connectivity index (χ1n) is 5.86. The summed E-state index contributed by atoms with van der Waals surface area (Å²) >= 11 is 1.45. The Morgan fingerprint density at radius 2 is 1.95 bits per heavy atom. The maximum absolute atomic E-state index is 10.8. The topological polar surface area (TPSA) is 110 Å². The summed E-state index contributed by atoms with van der Waals surface area (Å²) in [6.45, 7) is 3.25. The summed E-state index contributed by atoms with van der Waals surface area (Å²) in [7, 11) is -3.40. The zero-order valence-electron chi connectivity index (χ0n) is 11.0. The van der Waals surface area contributed by atoms with Crippen molar-refractivity contribution in [3.05, 3.63) is 6.07 Å². The molecule has 19 heavy (non-hydrogen) atoms. The molecule has 0 amide bonds. The Morgan fingerprint density at radius 1 is 1.32 bits per heavy atom. The van der Waals surface area contributed by atoms with Crippen LogP contribution in [-0.2, 0) is 10.0 Å². The average molecular weight is 305 g/mol. The maximum atomic E-state index is 10.8. The van der Waals surface area contributed by atoms with E-state index in [-0.39, 0.29) is 5.75 Å². The number of rotatable bonds is 8. The fourth-order valence-corrected chi connectivity index (χ4v) is 2.29. The zero-order chi connectivity index (χ0) is 14.3. The summed E-state index contributed by atoms with van der Waals surface area (Å²) in [4.78, 5) is 8.58. The second-order valence-corrected chi connectivity index (χ2v) is 6.31. The van der Waals surface area contributed by atoms with Crippen LogP contribution in [0.1, 0.15) is 13.3 Å². The molecule has 9 heteroatoms. The van der Waals surface area contributed by atoms with Crippen LogP contribution < -0.4 is 15.8 Å². The van der Waals surface area contributed by atoms with Crippen molar-refractivity contribution >= 4 is 33.4 Å². The highest BCUT2D eigenvalue weighted by Crippen LogP contribution is 2.17. The highest BCUT2D eigenvalue weighted by atomic mass is 32.2. The van der Waals surface area contributed by atoms with Crippen molar-refractivity contribution in [1.82, 2.24) is 9.97 Å². The van der Waals surface area contributed by atoms with Crippen molar-refractivity contribution in [2.24, 2.45) is 5.14 Å². The maximum Gasteiger partial charge on any atom is 0.209 e. The summed E-state index contributed by atoms with van der Waals surface area (Å²) in [5.74, 6) is 1.38. The van der Waals surface area contributed by atoms with Gasteiger partial charge in [0.1, 0.15) is 11.6 Å². The number of hydrogen-bond acceptors (Lipinski definition) is 7. The highest BCUT2D eigenvalue weighted by molar-refractivity contribution is 7.98. The Morgan fingerprint density at radius 3 is 2.47 bits per heavy atom. The van der Waals surface area contributed by atoms with E-state index in [1.165, 1.54) is 11.8 Å². The van der Waals surface area contributed by atoms with Crippen LogP contribution in [0.25, 0.3) is 0 Å². The summed E-state index contributed by atoms with van der Waals surface area (Å²) < 4.78 is 21.6. The average Bonchev–Trinajstić information content (AvgIpc) is 2.34. The molecule has 0 aliphatic rings. The van der Waals surface area contributed by atoms with Crippen molar-refractivity contribution in [3.8, 4) is 0 Å². The van der Waals surface area contributed by atoms with Crippen LogP contribution >= 0.6 is 11.8 Å². The molecular weight excluding hydrogens is 286 g/mol. The van der Waals surface area contributed by atoms with E-state index in [1.807, 2.05) is 13.2 Å². The number of hydrogen-bond donors (Lipinski definition) is 3. The van der Waals surface area contributed by atoms with Gasteiger partial charge in [-0.15, -0.1) is 0 Å². The predicted octanol–water partition coefficient (Wildman–Crippen LogP) is 0.721. The third kappa shape index (κ3) is 6.60. The SMILES string of the molecule is CCNc1cc(NCCCS(N)(=O)=O)nc(SC)n1. The largest absolute Gasteiger partial charge is 0.370 e. The normalized spacial score (nSPS) is 11.3. The van der Waals surface area contributed by atoms with Gasteiger partial charge in [0.05, 0.1) is 5.75 Å². The third-order valence-corrected chi connectivity index (χ3v) is 3.56. The summed E-state index contributed by atoms with van der Waals surface area (Å²) in [5, 5.41) is 11.8. The molecule has 0 aliphatic carbocycles. The monoisotopic (exact) mass is 305 g/mol. The fourth-order valence-electron chi connectivity index (χ4n) is 1.37. The van der Waals surface area contributed by atoms with Crippen molar-refractivity contribution < 1.29 is 8.42 Å². The molecule has 1 rings (SSSR count). The molecule has 0 saturated heterocycles. The predicted molar refractivity (Wildman–Crippen MR) is 79.1 cm³/mol. The number of anilines is 2. The number of primary sulfonamides is 1. The number of aromatic nitrogens is 2. The van der Waals surface area contributed by atoms with Crippen LogP contribution in [0, 0.1) is 0 Å². The molecule has 0 aliphatic heterocycles. The van der Waals surface area contributed by atoms with Crippen molar-refractivity contribution in [3.63, 3.8) is 0 Å². The van der Waals surface area contributed by atoms with Crippen LogP contribution in [0.3, 0.4) is 0 Å². The van der Waals surface area contributed by atoms with Crippen LogP contribution in [0.2, 0.25) is 0 Å². The van der Waals surface area contributed by atoms with Gasteiger partial charge in [0.15, 0.2) is 5.16 Å². The van der Waals surface area contributed by atoms with E-state index in [0.29, 0.717) is 23.9 Å². The van der Waals surface area contributed by atoms with Crippen LogP contribution in [0.4, 0.5) is 11.6 Å². The van der Waals surface area contributed by atoms with Gasteiger partial charge < -0.3 is 10.6 Å². The van der Waals surface area contributed by atoms with E-state index in [1.54, 1.807) is 6.07 Å². The van der Waals surface area contributed by atoms with E-state index in [2.05, 4.69) is 20.6 Å². The zero-order valence-corrected chi connectivity index (χ0v) is 12.6. The van der Waals surface area contributed by atoms with E-state index >= 15 is 0 Å². The lowest BCUT2D eigenvalue weighted by Crippen LogP contribution is -2.19. The molecule has 7 nitrogen and oxygen atoms in total. The van der Waals surface area contributed by atoms with Crippen LogP contribution in [0.5, 0.6) is 0 Å². The van der Waals surface area contributed by atoms with Gasteiger partial charge in [-0.05, 0) is 19.6 Å². The minimum Gasteiger partial charge on any atom is -0.370 e.